The molecule has 0 aromatic rings. The molecular weight excluding hydrogens is 140 g/mol. The predicted octanol–water partition coefficient (Wildman–Crippen LogP) is 1.57. The smallest absolute Gasteiger partial charge is 0.0676 e. The molecule has 0 bridgehead atoms. The lowest BCUT2D eigenvalue weighted by molar-refractivity contribution is -0.184. The van der Waals surface area contributed by atoms with E-state index in [1.807, 2.05) is 0 Å². The number of aliphatic hydroxyl groups is 1. The quantitative estimate of drug-likeness (QED) is 0.675. The van der Waals surface area contributed by atoms with Gasteiger partial charge in [-0.05, 0) is 12.8 Å². The molecule has 1 saturated carbocycles. The van der Waals surface area contributed by atoms with Crippen LogP contribution in [0.3, 0.4) is 0 Å². The Bertz CT molecular complexity index is 130. The lowest BCUT2D eigenvalue weighted by Gasteiger charge is -2.52. The molecule has 2 heteroatoms. The van der Waals surface area contributed by atoms with Crippen molar-refractivity contribution < 1.29 is 9.84 Å². The number of hydrogen-bond donors (Lipinski definition) is 1. The lowest BCUT2D eigenvalue weighted by atomic mass is 9.60. The van der Waals surface area contributed by atoms with Crippen LogP contribution in [0.25, 0.3) is 0 Å². The summed E-state index contributed by atoms with van der Waals surface area (Å²) in [5, 5.41) is 9.58. The van der Waals surface area contributed by atoms with Gasteiger partial charge in [0.05, 0.1) is 12.2 Å². The van der Waals surface area contributed by atoms with Gasteiger partial charge < -0.3 is 9.84 Å². The van der Waals surface area contributed by atoms with Crippen molar-refractivity contribution >= 4 is 0 Å². The van der Waals surface area contributed by atoms with Crippen LogP contribution in [0.4, 0.5) is 0 Å². The zero-order chi connectivity index (χ0) is 8.48. The lowest BCUT2D eigenvalue weighted by Crippen LogP contribution is -2.57. The number of methoxy groups -OCH3 is 1. The average Bonchev–Trinajstić information content (AvgIpc) is 2.02. The van der Waals surface area contributed by atoms with Crippen molar-refractivity contribution in [1.29, 1.82) is 0 Å². The van der Waals surface area contributed by atoms with Crippen LogP contribution in [0.5, 0.6) is 0 Å². The van der Waals surface area contributed by atoms with Crippen molar-refractivity contribution in [1.82, 2.24) is 0 Å². The molecule has 2 atom stereocenters. The molecular formula is C9H18O2. The van der Waals surface area contributed by atoms with E-state index in [2.05, 4.69) is 13.8 Å². The molecule has 0 saturated heterocycles. The molecule has 0 unspecified atom stereocenters. The van der Waals surface area contributed by atoms with Gasteiger partial charge in [-0.3, -0.25) is 0 Å². The highest BCUT2D eigenvalue weighted by Crippen LogP contribution is 2.48. The van der Waals surface area contributed by atoms with E-state index in [0.717, 1.165) is 19.3 Å². The number of hydrogen-bond acceptors (Lipinski definition) is 2. The van der Waals surface area contributed by atoms with Gasteiger partial charge in [0.2, 0.25) is 0 Å². The third-order valence-electron chi connectivity index (χ3n) is 3.34. The first kappa shape index (κ1) is 9.01. The summed E-state index contributed by atoms with van der Waals surface area (Å²) in [4.78, 5) is 0. The molecule has 1 aliphatic rings. The Hall–Kier alpha value is -0.0800. The van der Waals surface area contributed by atoms with Gasteiger partial charge in [0, 0.05) is 18.9 Å². The Balaban J connectivity index is 2.62. The fourth-order valence-corrected chi connectivity index (χ4v) is 2.23. The second kappa shape index (κ2) is 3.11. The molecule has 0 heterocycles. The number of rotatable bonds is 3. The Kier molecular flexibility index (Phi) is 2.55. The van der Waals surface area contributed by atoms with E-state index in [0.29, 0.717) is 0 Å². The van der Waals surface area contributed by atoms with E-state index in [1.54, 1.807) is 7.11 Å². The van der Waals surface area contributed by atoms with E-state index in [1.165, 1.54) is 0 Å². The third-order valence-corrected chi connectivity index (χ3v) is 3.34. The fourth-order valence-electron chi connectivity index (χ4n) is 2.23. The molecule has 0 radical (unpaired) electrons. The van der Waals surface area contributed by atoms with E-state index < -0.39 is 0 Å². The first-order valence-electron chi connectivity index (χ1n) is 4.42. The van der Waals surface area contributed by atoms with Crippen LogP contribution in [0.15, 0.2) is 0 Å². The van der Waals surface area contributed by atoms with Crippen LogP contribution < -0.4 is 0 Å². The first-order chi connectivity index (χ1) is 5.21. The topological polar surface area (TPSA) is 29.5 Å². The highest BCUT2D eigenvalue weighted by molar-refractivity contribution is 5.02. The van der Waals surface area contributed by atoms with Gasteiger partial charge in [-0.1, -0.05) is 13.8 Å². The molecule has 1 N–H and O–H groups in total. The number of ether oxygens (including phenoxy) is 1. The minimum Gasteiger partial charge on any atom is -0.392 e. The maximum absolute atomic E-state index is 9.58. The van der Waals surface area contributed by atoms with Gasteiger partial charge in [-0.15, -0.1) is 0 Å². The fraction of sp³-hybridized carbons (Fsp3) is 1.00. The summed E-state index contributed by atoms with van der Waals surface area (Å²) in [7, 11) is 1.73. The first-order valence-corrected chi connectivity index (χ1v) is 4.42. The van der Waals surface area contributed by atoms with Gasteiger partial charge >= 0.3 is 0 Å². The molecule has 2 nitrogen and oxygen atoms in total. The summed E-state index contributed by atoms with van der Waals surface area (Å²) in [6.07, 6.45) is 3.00. The van der Waals surface area contributed by atoms with Gasteiger partial charge in [0.1, 0.15) is 0 Å². The van der Waals surface area contributed by atoms with E-state index in [9.17, 15) is 5.11 Å². The summed E-state index contributed by atoms with van der Waals surface area (Å²) in [6.45, 7) is 4.25. The summed E-state index contributed by atoms with van der Waals surface area (Å²) in [5.74, 6) is 0. The van der Waals surface area contributed by atoms with Crippen molar-refractivity contribution in [2.24, 2.45) is 5.41 Å². The monoisotopic (exact) mass is 158 g/mol. The van der Waals surface area contributed by atoms with E-state index in [-0.39, 0.29) is 17.6 Å². The van der Waals surface area contributed by atoms with Gasteiger partial charge in [0.15, 0.2) is 0 Å². The summed E-state index contributed by atoms with van der Waals surface area (Å²) < 4.78 is 5.29. The highest BCUT2D eigenvalue weighted by atomic mass is 16.5. The Morgan fingerprint density at radius 1 is 1.45 bits per heavy atom. The van der Waals surface area contributed by atoms with E-state index in [4.69, 9.17) is 4.74 Å². The molecule has 0 aromatic heterocycles. The van der Waals surface area contributed by atoms with Crippen molar-refractivity contribution in [2.45, 2.75) is 45.3 Å². The molecule has 0 amide bonds. The maximum Gasteiger partial charge on any atom is 0.0676 e. The molecule has 0 aromatic carbocycles. The van der Waals surface area contributed by atoms with Gasteiger partial charge in [-0.2, -0.15) is 0 Å². The van der Waals surface area contributed by atoms with Crippen LogP contribution in [0, 0.1) is 5.41 Å². The summed E-state index contributed by atoms with van der Waals surface area (Å²) in [6, 6.07) is 0. The zero-order valence-corrected chi connectivity index (χ0v) is 7.63. The molecule has 1 fully saturated rings. The standard InChI is InChI=1S/C9H18O2/c1-4-9(5-2)7(10)6-8(9)11-3/h7-8,10H,4-6H2,1-3H3/t7-,8+/m0/s1. The van der Waals surface area contributed by atoms with Crippen molar-refractivity contribution in [3.63, 3.8) is 0 Å². The average molecular weight is 158 g/mol. The normalized spacial score (nSPS) is 34.9. The van der Waals surface area contributed by atoms with Gasteiger partial charge in [-0.25, -0.2) is 0 Å². The Morgan fingerprint density at radius 3 is 2.18 bits per heavy atom. The molecule has 0 aliphatic heterocycles. The van der Waals surface area contributed by atoms with Crippen LogP contribution >= 0.6 is 0 Å². The van der Waals surface area contributed by atoms with Gasteiger partial charge in [0.25, 0.3) is 0 Å². The molecule has 11 heavy (non-hydrogen) atoms. The molecule has 1 aliphatic carbocycles. The largest absolute Gasteiger partial charge is 0.392 e. The maximum atomic E-state index is 9.58. The molecule has 0 spiro atoms. The predicted molar refractivity (Wildman–Crippen MR) is 44.4 cm³/mol. The minimum absolute atomic E-state index is 0.0642. The zero-order valence-electron chi connectivity index (χ0n) is 7.63. The van der Waals surface area contributed by atoms with Crippen LogP contribution in [-0.2, 0) is 4.74 Å². The SMILES string of the molecule is CCC1(CC)[C@@H](O)C[C@H]1OC. The summed E-state index contributed by atoms with van der Waals surface area (Å²) >= 11 is 0. The molecule has 66 valence electrons. The Morgan fingerprint density at radius 2 is 2.00 bits per heavy atom. The van der Waals surface area contributed by atoms with Crippen LogP contribution in [0.1, 0.15) is 33.1 Å². The van der Waals surface area contributed by atoms with E-state index >= 15 is 0 Å². The minimum atomic E-state index is -0.137. The highest BCUT2D eigenvalue weighted by Gasteiger charge is 2.52. The Labute approximate surface area is 68.6 Å². The second-order valence-corrected chi connectivity index (χ2v) is 3.42. The van der Waals surface area contributed by atoms with Crippen molar-refractivity contribution in [3.05, 3.63) is 0 Å². The number of aliphatic hydroxyl groups excluding tert-OH is 1. The van der Waals surface area contributed by atoms with Crippen molar-refractivity contribution in [2.75, 3.05) is 7.11 Å². The third kappa shape index (κ3) is 1.09. The van der Waals surface area contributed by atoms with Crippen molar-refractivity contribution in [3.8, 4) is 0 Å². The summed E-state index contributed by atoms with van der Waals surface area (Å²) in [5.41, 5.74) is 0.0642. The van der Waals surface area contributed by atoms with Crippen LogP contribution in [0.2, 0.25) is 0 Å². The molecule has 1 rings (SSSR count). The second-order valence-electron chi connectivity index (χ2n) is 3.42. The van der Waals surface area contributed by atoms with Crippen LogP contribution in [-0.4, -0.2) is 24.4 Å².